The van der Waals surface area contributed by atoms with Crippen molar-refractivity contribution in [2.45, 2.75) is 6.18 Å². The fourth-order valence-corrected chi connectivity index (χ4v) is 3.67. The fourth-order valence-electron chi connectivity index (χ4n) is 3.20. The van der Waals surface area contributed by atoms with Gasteiger partial charge in [0.25, 0.3) is 5.91 Å². The fraction of sp³-hybridized carbons (Fsp3) is 0.0833. The number of amides is 3. The number of hydrogen-bond donors (Lipinski definition) is 3. The maximum atomic E-state index is 13.7. The van der Waals surface area contributed by atoms with Crippen LogP contribution in [0.1, 0.15) is 16.2 Å². The van der Waals surface area contributed by atoms with Gasteiger partial charge in [-0.3, -0.25) is 4.79 Å². The van der Waals surface area contributed by atoms with Gasteiger partial charge in [-0.2, -0.15) is 18.2 Å². The van der Waals surface area contributed by atoms with Crippen LogP contribution in [0.5, 0.6) is 11.6 Å². The number of benzene rings is 3. The minimum Gasteiger partial charge on any atom is -0.438 e. The molecule has 1 heterocycles. The van der Waals surface area contributed by atoms with Gasteiger partial charge in [0, 0.05) is 29.0 Å². The lowest BCUT2D eigenvalue weighted by Gasteiger charge is -2.13. The molecule has 3 amide bonds. The van der Waals surface area contributed by atoms with E-state index in [-0.39, 0.29) is 33.1 Å². The zero-order valence-corrected chi connectivity index (χ0v) is 20.4. The van der Waals surface area contributed by atoms with Gasteiger partial charge in [-0.1, -0.05) is 15.9 Å². The van der Waals surface area contributed by atoms with Crippen LogP contribution in [0.2, 0.25) is 0 Å². The van der Waals surface area contributed by atoms with Crippen molar-refractivity contribution in [2.75, 3.05) is 17.7 Å². The van der Waals surface area contributed by atoms with Crippen molar-refractivity contribution in [3.8, 4) is 11.6 Å². The van der Waals surface area contributed by atoms with Crippen LogP contribution in [0.4, 0.5) is 33.7 Å². The Labute approximate surface area is 215 Å². The second kappa shape index (κ2) is 10.4. The largest absolute Gasteiger partial charge is 0.438 e. The first kappa shape index (κ1) is 25.8. The second-order valence-corrected chi connectivity index (χ2v) is 8.35. The first-order chi connectivity index (χ1) is 17.5. The number of fused-ring (bicyclic) bond motifs is 1. The molecule has 3 N–H and O–H groups in total. The van der Waals surface area contributed by atoms with E-state index in [1.165, 1.54) is 55.6 Å². The van der Waals surface area contributed by atoms with Gasteiger partial charge in [0.15, 0.2) is 0 Å². The van der Waals surface area contributed by atoms with Gasteiger partial charge in [-0.05, 0) is 54.6 Å². The molecule has 0 saturated carbocycles. The molecule has 0 fully saturated rings. The minimum atomic E-state index is -4.59. The summed E-state index contributed by atoms with van der Waals surface area (Å²) in [5.74, 6) is -1.06. The number of carbonyl (C=O) groups is 2. The van der Waals surface area contributed by atoms with Crippen molar-refractivity contribution in [2.24, 2.45) is 0 Å². The lowest BCUT2D eigenvalue weighted by molar-refractivity contribution is -0.138. The third-order valence-electron chi connectivity index (χ3n) is 4.91. The number of nitrogens with zero attached hydrogens (tertiary/aromatic N) is 2. The van der Waals surface area contributed by atoms with E-state index in [1.54, 1.807) is 0 Å². The van der Waals surface area contributed by atoms with Gasteiger partial charge in [0.05, 0.1) is 16.5 Å². The molecule has 0 radical (unpaired) electrons. The molecule has 0 unspecified atom stereocenters. The predicted molar refractivity (Wildman–Crippen MR) is 131 cm³/mol. The number of halogens is 5. The maximum absolute atomic E-state index is 13.7. The van der Waals surface area contributed by atoms with Crippen molar-refractivity contribution >= 4 is 50.1 Å². The standard InChI is InChI=1S/C24H16BrF4N5O3/c1-30-21(35)20-33-19-10-12(26)2-8-16(19)22(34-20)37-15-6-3-13(4-7-15)31-23(36)32-14-5-9-18(25)17(11-14)24(27,28)29/h2-11H,1H3,(H,30,35)(H2,31,32,36). The van der Waals surface area contributed by atoms with Crippen LogP contribution in [0, 0.1) is 5.82 Å². The zero-order chi connectivity index (χ0) is 26.7. The molecule has 0 bridgehead atoms. The van der Waals surface area contributed by atoms with E-state index in [4.69, 9.17) is 4.74 Å². The number of carbonyl (C=O) groups excluding carboxylic acids is 2. The van der Waals surface area contributed by atoms with Crippen molar-refractivity contribution in [1.82, 2.24) is 15.3 Å². The van der Waals surface area contributed by atoms with Crippen LogP contribution in [0.3, 0.4) is 0 Å². The molecule has 0 aliphatic rings. The van der Waals surface area contributed by atoms with Gasteiger partial charge in [0.1, 0.15) is 11.6 Å². The van der Waals surface area contributed by atoms with Crippen LogP contribution >= 0.6 is 15.9 Å². The highest BCUT2D eigenvalue weighted by Crippen LogP contribution is 2.36. The maximum Gasteiger partial charge on any atom is 0.417 e. The highest BCUT2D eigenvalue weighted by Gasteiger charge is 2.33. The van der Waals surface area contributed by atoms with E-state index >= 15 is 0 Å². The number of anilines is 2. The van der Waals surface area contributed by atoms with E-state index in [0.717, 1.165) is 12.1 Å². The molecular formula is C24H16BrF4N5O3. The molecule has 190 valence electrons. The van der Waals surface area contributed by atoms with Gasteiger partial charge in [0.2, 0.25) is 11.7 Å². The highest BCUT2D eigenvalue weighted by atomic mass is 79.9. The third kappa shape index (κ3) is 6.12. The van der Waals surface area contributed by atoms with Crippen molar-refractivity contribution in [1.29, 1.82) is 0 Å². The van der Waals surface area contributed by atoms with E-state index in [9.17, 15) is 27.2 Å². The second-order valence-electron chi connectivity index (χ2n) is 7.49. The summed E-state index contributed by atoms with van der Waals surface area (Å²) in [7, 11) is 1.40. The summed E-state index contributed by atoms with van der Waals surface area (Å²) in [5.41, 5.74) is -0.489. The molecule has 4 aromatic rings. The monoisotopic (exact) mass is 577 g/mol. The number of alkyl halides is 3. The van der Waals surface area contributed by atoms with E-state index in [2.05, 4.69) is 41.8 Å². The Balaban J connectivity index is 1.49. The normalized spacial score (nSPS) is 11.2. The summed E-state index contributed by atoms with van der Waals surface area (Å²) in [4.78, 5) is 32.5. The van der Waals surface area contributed by atoms with E-state index < -0.39 is 29.5 Å². The van der Waals surface area contributed by atoms with Gasteiger partial charge < -0.3 is 20.7 Å². The molecule has 0 atom stereocenters. The number of urea groups is 1. The predicted octanol–water partition coefficient (Wildman–Crippen LogP) is 6.35. The Morgan fingerprint density at radius 1 is 0.919 bits per heavy atom. The number of ether oxygens (including phenoxy) is 1. The average Bonchev–Trinajstić information content (AvgIpc) is 2.84. The summed E-state index contributed by atoms with van der Waals surface area (Å²) in [6.07, 6.45) is -4.59. The van der Waals surface area contributed by atoms with Gasteiger partial charge in [-0.15, -0.1) is 0 Å². The van der Waals surface area contributed by atoms with Crippen LogP contribution in [0.15, 0.2) is 65.1 Å². The minimum absolute atomic E-state index is 0.0118. The van der Waals surface area contributed by atoms with Gasteiger partial charge in [-0.25, -0.2) is 14.2 Å². The smallest absolute Gasteiger partial charge is 0.417 e. The molecule has 13 heteroatoms. The molecule has 0 aliphatic heterocycles. The molecule has 1 aromatic heterocycles. The Morgan fingerprint density at radius 2 is 1.59 bits per heavy atom. The number of rotatable bonds is 5. The first-order valence-electron chi connectivity index (χ1n) is 10.5. The Hall–Kier alpha value is -4.26. The van der Waals surface area contributed by atoms with Crippen LogP contribution < -0.4 is 20.7 Å². The molecule has 4 rings (SSSR count). The van der Waals surface area contributed by atoms with Crippen molar-refractivity contribution in [3.63, 3.8) is 0 Å². The number of hydrogen-bond acceptors (Lipinski definition) is 5. The summed E-state index contributed by atoms with van der Waals surface area (Å²) < 4.78 is 58.6. The van der Waals surface area contributed by atoms with Crippen LogP contribution in [-0.4, -0.2) is 29.0 Å². The molecule has 37 heavy (non-hydrogen) atoms. The molecule has 3 aromatic carbocycles. The molecular weight excluding hydrogens is 562 g/mol. The third-order valence-corrected chi connectivity index (χ3v) is 5.60. The quantitative estimate of drug-likeness (QED) is 0.240. The molecule has 0 aliphatic carbocycles. The molecule has 0 saturated heterocycles. The van der Waals surface area contributed by atoms with Crippen molar-refractivity contribution < 1.29 is 31.9 Å². The van der Waals surface area contributed by atoms with Gasteiger partial charge >= 0.3 is 12.2 Å². The summed E-state index contributed by atoms with van der Waals surface area (Å²) in [6.45, 7) is 0. The van der Waals surface area contributed by atoms with Crippen LogP contribution in [-0.2, 0) is 6.18 Å². The zero-order valence-electron chi connectivity index (χ0n) is 18.8. The van der Waals surface area contributed by atoms with E-state index in [1.807, 2.05) is 0 Å². The number of nitrogens with one attached hydrogen (secondary N) is 3. The Kier molecular flexibility index (Phi) is 7.25. The van der Waals surface area contributed by atoms with Crippen molar-refractivity contribution in [3.05, 3.63) is 82.3 Å². The Bertz CT molecular complexity index is 1500. The summed E-state index contributed by atoms with van der Waals surface area (Å²) in [5, 5.41) is 7.60. The SMILES string of the molecule is CNC(=O)c1nc(Oc2ccc(NC(=O)Nc3ccc(Br)c(C(F)(F)F)c3)cc2)c2ccc(F)cc2n1. The first-order valence-corrected chi connectivity index (χ1v) is 11.2. The van der Waals surface area contributed by atoms with Crippen LogP contribution in [0.25, 0.3) is 10.9 Å². The summed E-state index contributed by atoms with van der Waals surface area (Å²) in [6, 6.07) is 12.3. The topological polar surface area (TPSA) is 105 Å². The average molecular weight is 578 g/mol. The van der Waals surface area contributed by atoms with E-state index in [0.29, 0.717) is 11.1 Å². The Morgan fingerprint density at radius 3 is 2.27 bits per heavy atom. The lowest BCUT2D eigenvalue weighted by atomic mass is 10.2. The lowest BCUT2D eigenvalue weighted by Crippen LogP contribution is -2.21. The molecule has 0 spiro atoms. The summed E-state index contributed by atoms with van der Waals surface area (Å²) >= 11 is 2.84. The number of aromatic nitrogens is 2. The highest BCUT2D eigenvalue weighted by molar-refractivity contribution is 9.10. The molecule has 8 nitrogen and oxygen atoms in total.